The quantitative estimate of drug-likeness (QED) is 0.510. The Bertz CT molecular complexity index is 1190. The first kappa shape index (κ1) is 26.0. The molecule has 192 valence electrons. The molecule has 7 nitrogen and oxygen atoms in total. The molecule has 0 spiro atoms. The fourth-order valence-electron chi connectivity index (χ4n) is 5.26. The zero-order valence-corrected chi connectivity index (χ0v) is 22.9. The average molecular weight is 501 g/mol. The smallest absolute Gasteiger partial charge is 0.211 e. The molecule has 8 heteroatoms. The lowest BCUT2D eigenvalue weighted by Gasteiger charge is -2.20. The Balaban J connectivity index is 1.62. The molecule has 0 unspecified atom stereocenters. The van der Waals surface area contributed by atoms with Gasteiger partial charge in [0.1, 0.15) is 17.4 Å². The summed E-state index contributed by atoms with van der Waals surface area (Å²) >= 11 is 0. The molecule has 1 saturated heterocycles. The number of carbonyl (C=O) groups is 1. The van der Waals surface area contributed by atoms with Gasteiger partial charge in [-0.15, -0.1) is 10.2 Å². The van der Waals surface area contributed by atoms with Gasteiger partial charge in [-0.05, 0) is 56.1 Å². The highest BCUT2D eigenvalue weighted by atomic mass is 32.2. The van der Waals surface area contributed by atoms with Crippen molar-refractivity contribution in [2.75, 3.05) is 19.3 Å². The van der Waals surface area contributed by atoms with E-state index in [1.165, 1.54) is 10.6 Å². The van der Waals surface area contributed by atoms with Gasteiger partial charge in [0.2, 0.25) is 10.0 Å². The van der Waals surface area contributed by atoms with Gasteiger partial charge in [-0.25, -0.2) is 12.7 Å². The Labute approximate surface area is 210 Å². The number of sulfonamides is 1. The number of nitrogens with zero attached hydrogens (tertiary/aromatic N) is 4. The van der Waals surface area contributed by atoms with Crippen molar-refractivity contribution in [3.05, 3.63) is 46.5 Å². The second-order valence-electron chi connectivity index (χ2n) is 11.9. The van der Waals surface area contributed by atoms with Gasteiger partial charge < -0.3 is 4.57 Å². The summed E-state index contributed by atoms with van der Waals surface area (Å²) in [5.41, 5.74) is 3.52. The molecule has 1 saturated carbocycles. The minimum Gasteiger partial charge on any atom is -0.312 e. The minimum atomic E-state index is -3.41. The Morgan fingerprint density at radius 1 is 1.11 bits per heavy atom. The molecule has 0 amide bonds. The van der Waals surface area contributed by atoms with E-state index in [1.54, 1.807) is 0 Å². The summed E-state index contributed by atoms with van der Waals surface area (Å²) in [6.07, 6.45) is 6.68. The summed E-state index contributed by atoms with van der Waals surface area (Å²) < 4.78 is 28.6. The standard InChI is InChI=1S/C27H40N4O3S/c1-18-9-10-20(19(2)14-18)15-24(32)22-16-30(35(6,33)34)17-23(22)26-29-28-25(31(26)21-11-12-21)8-7-13-27(3,4)5/h9-10,14,21-23H,7-8,11-13,15-17H2,1-6H3/t22-,23-/m0/s1. The number of carbonyl (C=O) groups excluding carboxylic acids is 1. The summed E-state index contributed by atoms with van der Waals surface area (Å²) in [5.74, 6) is 1.16. The Morgan fingerprint density at radius 3 is 2.43 bits per heavy atom. The summed E-state index contributed by atoms with van der Waals surface area (Å²) in [6.45, 7) is 11.3. The Hall–Kier alpha value is -2.06. The molecule has 2 atom stereocenters. The first-order valence-corrected chi connectivity index (χ1v) is 14.7. The molecule has 1 aliphatic carbocycles. The number of ketones is 1. The summed E-state index contributed by atoms with van der Waals surface area (Å²) in [4.78, 5) is 13.6. The van der Waals surface area contributed by atoms with Crippen LogP contribution in [0.4, 0.5) is 0 Å². The van der Waals surface area contributed by atoms with Crippen molar-refractivity contribution in [1.82, 2.24) is 19.1 Å². The van der Waals surface area contributed by atoms with Crippen molar-refractivity contribution in [2.45, 2.75) is 85.1 Å². The van der Waals surface area contributed by atoms with E-state index >= 15 is 0 Å². The van der Waals surface area contributed by atoms with Crippen molar-refractivity contribution in [3.63, 3.8) is 0 Å². The number of hydrogen-bond acceptors (Lipinski definition) is 5. The summed E-state index contributed by atoms with van der Waals surface area (Å²) in [7, 11) is -3.41. The molecule has 0 bridgehead atoms. The second-order valence-corrected chi connectivity index (χ2v) is 13.8. The molecule has 1 aliphatic heterocycles. The number of benzene rings is 1. The number of aryl methyl sites for hydroxylation is 3. The highest BCUT2D eigenvalue weighted by Gasteiger charge is 2.45. The van der Waals surface area contributed by atoms with Gasteiger partial charge in [0, 0.05) is 43.8 Å². The summed E-state index contributed by atoms with van der Waals surface area (Å²) in [5, 5.41) is 9.16. The van der Waals surface area contributed by atoms with Crippen LogP contribution in [0, 0.1) is 25.2 Å². The monoisotopic (exact) mass is 500 g/mol. The normalized spacial score (nSPS) is 21.5. The van der Waals surface area contributed by atoms with Gasteiger partial charge in [-0.2, -0.15) is 0 Å². The minimum absolute atomic E-state index is 0.0766. The number of aromatic nitrogens is 3. The lowest BCUT2D eigenvalue weighted by Crippen LogP contribution is -2.29. The van der Waals surface area contributed by atoms with Gasteiger partial charge in [0.15, 0.2) is 0 Å². The third-order valence-corrected chi connectivity index (χ3v) is 8.63. The average Bonchev–Trinajstić information content (AvgIpc) is 3.32. The van der Waals surface area contributed by atoms with E-state index in [0.29, 0.717) is 12.5 Å². The van der Waals surface area contributed by atoms with E-state index in [9.17, 15) is 13.2 Å². The maximum absolute atomic E-state index is 13.6. The zero-order valence-electron chi connectivity index (χ0n) is 22.0. The second kappa shape index (κ2) is 9.77. The van der Waals surface area contributed by atoms with E-state index in [4.69, 9.17) is 0 Å². The van der Waals surface area contributed by atoms with E-state index in [-0.39, 0.29) is 30.2 Å². The third-order valence-electron chi connectivity index (χ3n) is 7.40. The summed E-state index contributed by atoms with van der Waals surface area (Å²) in [6, 6.07) is 6.50. The van der Waals surface area contributed by atoms with Gasteiger partial charge in [-0.1, -0.05) is 44.5 Å². The molecular formula is C27H40N4O3S. The SMILES string of the molecule is Cc1ccc(CC(=O)[C@H]2CN(S(C)(=O)=O)C[C@@H]2c2nnc(CCCC(C)(C)C)n2C2CC2)c(C)c1. The van der Waals surface area contributed by atoms with Crippen LogP contribution in [-0.4, -0.2) is 52.6 Å². The topological polar surface area (TPSA) is 85.2 Å². The van der Waals surface area contributed by atoms with Crippen LogP contribution >= 0.6 is 0 Å². The third kappa shape index (κ3) is 6.20. The van der Waals surface area contributed by atoms with Crippen molar-refractivity contribution in [2.24, 2.45) is 11.3 Å². The van der Waals surface area contributed by atoms with E-state index in [1.807, 2.05) is 26.0 Å². The van der Waals surface area contributed by atoms with Crippen LogP contribution in [0.2, 0.25) is 0 Å². The largest absolute Gasteiger partial charge is 0.312 e. The first-order valence-electron chi connectivity index (χ1n) is 12.8. The molecule has 35 heavy (non-hydrogen) atoms. The molecule has 2 heterocycles. The van der Waals surface area contributed by atoms with Crippen molar-refractivity contribution in [3.8, 4) is 0 Å². The molecule has 2 aliphatic rings. The Kier molecular flexibility index (Phi) is 7.26. The van der Waals surface area contributed by atoms with E-state index in [2.05, 4.69) is 41.6 Å². The van der Waals surface area contributed by atoms with Gasteiger partial charge in [0.25, 0.3) is 0 Å². The lowest BCUT2D eigenvalue weighted by molar-refractivity contribution is -0.122. The molecule has 4 rings (SSSR count). The molecule has 1 aromatic heterocycles. The fourth-order valence-corrected chi connectivity index (χ4v) is 6.12. The molecule has 0 radical (unpaired) electrons. The van der Waals surface area contributed by atoms with E-state index < -0.39 is 15.9 Å². The fraction of sp³-hybridized carbons (Fsp3) is 0.667. The van der Waals surface area contributed by atoms with Crippen LogP contribution in [0.25, 0.3) is 0 Å². The van der Waals surface area contributed by atoms with Crippen molar-refractivity contribution in [1.29, 1.82) is 0 Å². The van der Waals surface area contributed by atoms with Crippen molar-refractivity contribution >= 4 is 15.8 Å². The maximum atomic E-state index is 13.6. The van der Waals surface area contributed by atoms with Crippen LogP contribution in [0.5, 0.6) is 0 Å². The zero-order chi connectivity index (χ0) is 25.5. The van der Waals surface area contributed by atoms with Crippen molar-refractivity contribution < 1.29 is 13.2 Å². The van der Waals surface area contributed by atoms with Crippen LogP contribution in [0.15, 0.2) is 18.2 Å². The first-order chi connectivity index (χ1) is 16.3. The molecule has 2 fully saturated rings. The van der Waals surface area contributed by atoms with Crippen LogP contribution in [-0.2, 0) is 27.7 Å². The van der Waals surface area contributed by atoms with Gasteiger partial charge >= 0.3 is 0 Å². The van der Waals surface area contributed by atoms with E-state index in [0.717, 1.165) is 60.4 Å². The molecule has 1 aromatic carbocycles. The highest BCUT2D eigenvalue weighted by molar-refractivity contribution is 7.88. The molecule has 2 aromatic rings. The van der Waals surface area contributed by atoms with Gasteiger partial charge in [0.05, 0.1) is 6.26 Å². The molecule has 0 N–H and O–H groups in total. The van der Waals surface area contributed by atoms with Crippen LogP contribution in [0.3, 0.4) is 0 Å². The Morgan fingerprint density at radius 2 is 1.83 bits per heavy atom. The number of hydrogen-bond donors (Lipinski definition) is 0. The van der Waals surface area contributed by atoms with Gasteiger partial charge in [-0.3, -0.25) is 4.79 Å². The van der Waals surface area contributed by atoms with Crippen LogP contribution < -0.4 is 0 Å². The number of Topliss-reactive ketones (excluding diaryl/α,β-unsaturated/α-hetero) is 1. The lowest BCUT2D eigenvalue weighted by atomic mass is 9.87. The predicted octanol–water partition coefficient (Wildman–Crippen LogP) is 4.39. The highest BCUT2D eigenvalue weighted by Crippen LogP contribution is 2.42. The molecular weight excluding hydrogens is 460 g/mol. The number of rotatable bonds is 9. The predicted molar refractivity (Wildman–Crippen MR) is 138 cm³/mol. The maximum Gasteiger partial charge on any atom is 0.211 e. The van der Waals surface area contributed by atoms with Crippen LogP contribution in [0.1, 0.15) is 86.8 Å².